The van der Waals surface area contributed by atoms with Gasteiger partial charge in [0.15, 0.2) is 5.69 Å². The van der Waals surface area contributed by atoms with Gasteiger partial charge in [-0.15, -0.1) is 0 Å². The van der Waals surface area contributed by atoms with Gasteiger partial charge >= 0.3 is 0 Å². The molecule has 2 aliphatic rings. The maximum Gasteiger partial charge on any atom is 0.274 e. The summed E-state index contributed by atoms with van der Waals surface area (Å²) >= 11 is 0. The van der Waals surface area contributed by atoms with E-state index in [1.54, 1.807) is 4.90 Å². The Kier molecular flexibility index (Phi) is 3.62. The highest BCUT2D eigenvalue weighted by molar-refractivity contribution is 5.94. The van der Waals surface area contributed by atoms with Crippen LogP contribution in [-0.4, -0.2) is 57.9 Å². The van der Waals surface area contributed by atoms with Gasteiger partial charge in [-0.1, -0.05) is 6.92 Å². The number of carbonyl (C=O) groups excluding carboxylic acids is 2. The number of alkyl halides is 2. The monoisotopic (exact) mass is 311 g/mol. The molecular formula is C14H17F2N4O2. The van der Waals surface area contributed by atoms with Crippen molar-refractivity contribution in [3.63, 3.8) is 0 Å². The largest absolute Gasteiger partial charge is 0.338 e. The van der Waals surface area contributed by atoms with Crippen LogP contribution in [0.15, 0.2) is 0 Å². The number of aromatic nitrogens is 2. The van der Waals surface area contributed by atoms with Crippen LogP contribution in [0.25, 0.3) is 0 Å². The van der Waals surface area contributed by atoms with Crippen molar-refractivity contribution in [1.82, 2.24) is 20.0 Å². The Morgan fingerprint density at radius 1 is 1.50 bits per heavy atom. The van der Waals surface area contributed by atoms with Gasteiger partial charge in [-0.3, -0.25) is 14.7 Å². The normalized spacial score (nSPS) is 23.5. The second-order valence-corrected chi connectivity index (χ2v) is 5.69. The van der Waals surface area contributed by atoms with Crippen LogP contribution in [0.3, 0.4) is 0 Å². The van der Waals surface area contributed by atoms with Gasteiger partial charge in [0.2, 0.25) is 6.41 Å². The molecular weight excluding hydrogens is 294 g/mol. The van der Waals surface area contributed by atoms with E-state index in [9.17, 15) is 18.4 Å². The fourth-order valence-electron chi connectivity index (χ4n) is 3.16. The van der Waals surface area contributed by atoms with Crippen molar-refractivity contribution in [1.29, 1.82) is 0 Å². The lowest BCUT2D eigenvalue weighted by atomic mass is 9.94. The number of nitrogens with zero attached hydrogens (tertiary/aromatic N) is 3. The predicted molar refractivity (Wildman–Crippen MR) is 73.2 cm³/mol. The van der Waals surface area contributed by atoms with E-state index in [1.165, 1.54) is 0 Å². The van der Waals surface area contributed by atoms with Crippen LogP contribution in [0.1, 0.15) is 40.6 Å². The molecule has 1 saturated heterocycles. The quantitative estimate of drug-likeness (QED) is 0.852. The SMILES string of the molecule is [CH2]CC1c2c(C(=O)N3CCC(F)(F)C3)n[nH]c2CCN1C=O. The van der Waals surface area contributed by atoms with Crippen molar-refractivity contribution in [3.8, 4) is 0 Å². The number of nitrogens with one attached hydrogen (secondary N) is 1. The summed E-state index contributed by atoms with van der Waals surface area (Å²) in [5.74, 6) is -3.35. The minimum atomic E-state index is -2.84. The smallest absolute Gasteiger partial charge is 0.274 e. The number of likely N-dealkylation sites (tertiary alicyclic amines) is 1. The summed E-state index contributed by atoms with van der Waals surface area (Å²) in [7, 11) is 0. The summed E-state index contributed by atoms with van der Waals surface area (Å²) in [6.07, 6.45) is 1.34. The molecule has 8 heteroatoms. The fourth-order valence-corrected chi connectivity index (χ4v) is 3.16. The zero-order valence-electron chi connectivity index (χ0n) is 12.0. The molecule has 0 spiro atoms. The van der Waals surface area contributed by atoms with Gasteiger partial charge in [-0.25, -0.2) is 8.78 Å². The molecule has 0 saturated carbocycles. The topological polar surface area (TPSA) is 69.3 Å². The molecule has 1 atom stereocenters. The summed E-state index contributed by atoms with van der Waals surface area (Å²) in [6.45, 7) is 3.77. The number of H-pyrrole nitrogens is 1. The first kappa shape index (κ1) is 14.9. The molecule has 6 nitrogen and oxygen atoms in total. The van der Waals surface area contributed by atoms with E-state index in [4.69, 9.17) is 0 Å². The number of carbonyl (C=O) groups is 2. The van der Waals surface area contributed by atoms with Crippen molar-refractivity contribution in [2.24, 2.45) is 0 Å². The number of hydrogen-bond acceptors (Lipinski definition) is 3. The third kappa shape index (κ3) is 2.36. The average molecular weight is 311 g/mol. The molecule has 0 aliphatic carbocycles. The lowest BCUT2D eigenvalue weighted by Crippen LogP contribution is -2.37. The van der Waals surface area contributed by atoms with Gasteiger partial charge in [-0.2, -0.15) is 5.10 Å². The highest BCUT2D eigenvalue weighted by Gasteiger charge is 2.42. The number of halogens is 2. The molecule has 1 N–H and O–H groups in total. The summed E-state index contributed by atoms with van der Waals surface area (Å²) in [5, 5.41) is 6.83. The molecule has 3 rings (SSSR count). The second kappa shape index (κ2) is 5.33. The van der Waals surface area contributed by atoms with Crippen LogP contribution in [0.5, 0.6) is 0 Å². The van der Waals surface area contributed by atoms with Gasteiger partial charge in [0, 0.05) is 37.2 Å². The minimum absolute atomic E-state index is 0.0138. The predicted octanol–water partition coefficient (Wildman–Crippen LogP) is 1.17. The summed E-state index contributed by atoms with van der Waals surface area (Å²) in [6, 6.07) is -0.345. The highest BCUT2D eigenvalue weighted by Crippen LogP contribution is 2.34. The third-order valence-corrected chi connectivity index (χ3v) is 4.30. The van der Waals surface area contributed by atoms with E-state index < -0.39 is 18.4 Å². The first-order valence-corrected chi connectivity index (χ1v) is 7.21. The van der Waals surface area contributed by atoms with Crippen LogP contribution in [-0.2, 0) is 11.2 Å². The summed E-state index contributed by atoms with van der Waals surface area (Å²) < 4.78 is 26.6. The van der Waals surface area contributed by atoms with E-state index in [2.05, 4.69) is 17.1 Å². The number of rotatable bonds is 3. The van der Waals surface area contributed by atoms with Crippen molar-refractivity contribution in [2.75, 3.05) is 19.6 Å². The highest BCUT2D eigenvalue weighted by atomic mass is 19.3. The van der Waals surface area contributed by atoms with E-state index in [-0.39, 0.29) is 24.7 Å². The first-order chi connectivity index (χ1) is 10.5. The molecule has 119 valence electrons. The van der Waals surface area contributed by atoms with Gasteiger partial charge in [0.05, 0.1) is 12.6 Å². The molecule has 0 aromatic carbocycles. The van der Waals surface area contributed by atoms with Crippen LogP contribution in [0, 0.1) is 6.92 Å². The van der Waals surface area contributed by atoms with E-state index in [0.717, 1.165) is 17.0 Å². The molecule has 0 bridgehead atoms. The molecule has 2 aliphatic heterocycles. The third-order valence-electron chi connectivity index (χ3n) is 4.30. The Morgan fingerprint density at radius 2 is 2.27 bits per heavy atom. The minimum Gasteiger partial charge on any atom is -0.338 e. The number of fused-ring (bicyclic) bond motifs is 1. The Balaban J connectivity index is 1.92. The number of hydrogen-bond donors (Lipinski definition) is 1. The number of amides is 2. The van der Waals surface area contributed by atoms with Crippen molar-refractivity contribution in [2.45, 2.75) is 31.2 Å². The molecule has 22 heavy (non-hydrogen) atoms. The molecule has 3 heterocycles. The average Bonchev–Trinajstić information content (AvgIpc) is 3.08. The van der Waals surface area contributed by atoms with E-state index >= 15 is 0 Å². The molecule has 1 fully saturated rings. The Labute approximate surface area is 126 Å². The Bertz CT molecular complexity index is 602. The Morgan fingerprint density at radius 3 is 2.86 bits per heavy atom. The molecule has 1 aromatic rings. The van der Waals surface area contributed by atoms with E-state index in [1.807, 2.05) is 0 Å². The molecule has 1 radical (unpaired) electrons. The lowest BCUT2D eigenvalue weighted by Gasteiger charge is -2.32. The van der Waals surface area contributed by atoms with Gasteiger partial charge in [0.25, 0.3) is 11.8 Å². The van der Waals surface area contributed by atoms with Gasteiger partial charge in [0.1, 0.15) is 0 Å². The fraction of sp³-hybridized carbons (Fsp3) is 0.571. The maximum atomic E-state index is 13.3. The van der Waals surface area contributed by atoms with Gasteiger partial charge < -0.3 is 9.80 Å². The van der Waals surface area contributed by atoms with Crippen molar-refractivity contribution < 1.29 is 18.4 Å². The Hall–Kier alpha value is -1.99. The van der Waals surface area contributed by atoms with Crippen LogP contribution in [0.2, 0.25) is 0 Å². The first-order valence-electron chi connectivity index (χ1n) is 7.21. The van der Waals surface area contributed by atoms with Crippen LogP contribution >= 0.6 is 0 Å². The standard InChI is InChI=1S/C14H17F2N4O2/c1-2-10-11-9(3-5-20(10)8-21)17-18-12(11)13(22)19-6-4-14(15,16)7-19/h8,10H,1-7H2,(H,17,18). The molecule has 1 aromatic heterocycles. The van der Waals surface area contributed by atoms with Crippen molar-refractivity contribution in [3.05, 3.63) is 23.9 Å². The molecule has 2 amide bonds. The zero-order chi connectivity index (χ0) is 15.9. The van der Waals surface area contributed by atoms with Crippen molar-refractivity contribution >= 4 is 12.3 Å². The zero-order valence-corrected chi connectivity index (χ0v) is 12.0. The number of aromatic amines is 1. The van der Waals surface area contributed by atoms with Crippen LogP contribution < -0.4 is 0 Å². The van der Waals surface area contributed by atoms with E-state index in [0.29, 0.717) is 24.9 Å². The maximum absolute atomic E-state index is 13.3. The lowest BCUT2D eigenvalue weighted by molar-refractivity contribution is -0.120. The molecule has 1 unspecified atom stereocenters. The van der Waals surface area contributed by atoms with Gasteiger partial charge in [-0.05, 0) is 6.42 Å². The second-order valence-electron chi connectivity index (χ2n) is 5.69. The van der Waals surface area contributed by atoms with Crippen LogP contribution in [0.4, 0.5) is 8.78 Å². The summed E-state index contributed by atoms with van der Waals surface area (Å²) in [5.41, 5.74) is 1.53. The summed E-state index contributed by atoms with van der Waals surface area (Å²) in [4.78, 5) is 26.4.